The minimum absolute atomic E-state index is 0.160. The number of hydrogen-bond donors (Lipinski definition) is 1. The highest BCUT2D eigenvalue weighted by Gasteiger charge is 2.30. The Morgan fingerprint density at radius 3 is 2.69 bits per heavy atom. The number of nitrogen functional groups attached to an aromatic ring is 1. The number of nitrogens with zero attached hydrogens (tertiary/aromatic N) is 2. The van der Waals surface area contributed by atoms with Gasteiger partial charge in [0.2, 0.25) is 0 Å². The van der Waals surface area contributed by atoms with Gasteiger partial charge in [0.1, 0.15) is 18.1 Å². The van der Waals surface area contributed by atoms with E-state index in [-0.39, 0.29) is 18.2 Å². The van der Waals surface area contributed by atoms with E-state index in [4.69, 9.17) is 10.5 Å². The van der Waals surface area contributed by atoms with Gasteiger partial charge in [-0.1, -0.05) is 0 Å². The minimum Gasteiger partial charge on any atom is -0.384 e. The lowest BCUT2D eigenvalue weighted by atomic mass is 10.1. The number of rotatable bonds is 1. The van der Waals surface area contributed by atoms with Crippen LogP contribution in [0.2, 0.25) is 0 Å². The van der Waals surface area contributed by atoms with Gasteiger partial charge in [-0.05, 0) is 20.8 Å². The lowest BCUT2D eigenvalue weighted by molar-refractivity contribution is 0.0996. The van der Waals surface area contributed by atoms with E-state index in [0.717, 1.165) is 5.69 Å². The maximum absolute atomic E-state index is 13.0. The number of ether oxygens (including phenoxy) is 1. The van der Waals surface area contributed by atoms with Crippen LogP contribution in [0.15, 0.2) is 6.07 Å². The molecule has 2 atom stereocenters. The number of alkyl halides is 1. The maximum atomic E-state index is 13.0. The van der Waals surface area contributed by atoms with Gasteiger partial charge >= 0.3 is 0 Å². The molecule has 2 N–H and O–H groups in total. The molecule has 0 radical (unpaired) electrons. The van der Waals surface area contributed by atoms with E-state index in [2.05, 4.69) is 5.10 Å². The summed E-state index contributed by atoms with van der Waals surface area (Å²) in [7, 11) is 0. The van der Waals surface area contributed by atoms with Crippen LogP contribution in [-0.4, -0.2) is 22.6 Å². The average molecular weight is 227 g/mol. The second kappa shape index (κ2) is 3.73. The Hall–Kier alpha value is -1.10. The zero-order valence-electron chi connectivity index (χ0n) is 9.90. The van der Waals surface area contributed by atoms with Gasteiger partial charge in [-0.2, -0.15) is 5.10 Å². The van der Waals surface area contributed by atoms with Crippen LogP contribution < -0.4 is 5.73 Å². The molecular weight excluding hydrogens is 209 g/mol. The molecule has 4 nitrogen and oxygen atoms in total. The maximum Gasteiger partial charge on any atom is 0.126 e. The number of hydrogen-bond acceptors (Lipinski definition) is 3. The Labute approximate surface area is 94.6 Å². The summed E-state index contributed by atoms with van der Waals surface area (Å²) < 4.78 is 20.1. The lowest BCUT2D eigenvalue weighted by Gasteiger charge is -2.20. The van der Waals surface area contributed by atoms with E-state index >= 15 is 0 Å². The van der Waals surface area contributed by atoms with Crippen LogP contribution in [0.25, 0.3) is 0 Å². The Morgan fingerprint density at radius 2 is 2.25 bits per heavy atom. The Bertz CT molecular complexity index is 383. The molecule has 0 amide bonds. The second-order valence-electron chi connectivity index (χ2n) is 5.23. The topological polar surface area (TPSA) is 53.1 Å². The molecular formula is C11H18FN3O. The molecule has 1 aliphatic rings. The smallest absolute Gasteiger partial charge is 0.126 e. The Morgan fingerprint density at radius 1 is 1.56 bits per heavy atom. The van der Waals surface area contributed by atoms with Crippen molar-refractivity contribution < 1.29 is 9.13 Å². The highest BCUT2D eigenvalue weighted by atomic mass is 19.1. The molecule has 5 heteroatoms. The predicted molar refractivity (Wildman–Crippen MR) is 59.8 cm³/mol. The molecule has 0 aromatic carbocycles. The molecule has 16 heavy (non-hydrogen) atoms. The van der Waals surface area contributed by atoms with Crippen molar-refractivity contribution in [3.8, 4) is 0 Å². The fraction of sp³-hybridized carbons (Fsp3) is 0.727. The van der Waals surface area contributed by atoms with E-state index in [1.54, 1.807) is 10.7 Å². The van der Waals surface area contributed by atoms with Crippen molar-refractivity contribution in [1.29, 1.82) is 0 Å². The quantitative estimate of drug-likeness (QED) is 0.798. The molecule has 90 valence electrons. The summed E-state index contributed by atoms with van der Waals surface area (Å²) in [5.41, 5.74) is 6.44. The van der Waals surface area contributed by atoms with Gasteiger partial charge in [0.25, 0.3) is 0 Å². The van der Waals surface area contributed by atoms with Gasteiger partial charge in [0.05, 0.1) is 17.8 Å². The normalized spacial score (nSPS) is 26.2. The summed E-state index contributed by atoms with van der Waals surface area (Å²) >= 11 is 0. The van der Waals surface area contributed by atoms with Crippen LogP contribution in [0.4, 0.5) is 10.2 Å². The van der Waals surface area contributed by atoms with Crippen molar-refractivity contribution in [2.24, 2.45) is 0 Å². The van der Waals surface area contributed by atoms with E-state index in [9.17, 15) is 4.39 Å². The fourth-order valence-electron chi connectivity index (χ4n) is 1.90. The van der Waals surface area contributed by atoms with Gasteiger partial charge < -0.3 is 10.5 Å². The Kier molecular flexibility index (Phi) is 2.66. The second-order valence-corrected chi connectivity index (χ2v) is 5.23. The first-order chi connectivity index (χ1) is 7.38. The zero-order valence-corrected chi connectivity index (χ0v) is 9.90. The highest BCUT2D eigenvalue weighted by molar-refractivity contribution is 5.33. The molecule has 2 heterocycles. The van der Waals surface area contributed by atoms with E-state index < -0.39 is 6.17 Å². The Balaban J connectivity index is 2.24. The third-order valence-electron chi connectivity index (χ3n) is 2.67. The molecule has 1 aliphatic heterocycles. The van der Waals surface area contributed by atoms with Gasteiger partial charge in [0.15, 0.2) is 0 Å². The molecule has 1 fully saturated rings. The first kappa shape index (κ1) is 11.4. The van der Waals surface area contributed by atoms with Crippen molar-refractivity contribution in [3.05, 3.63) is 11.8 Å². The third kappa shape index (κ3) is 2.04. The molecule has 0 spiro atoms. The number of halogens is 1. The van der Waals surface area contributed by atoms with Crippen LogP contribution in [0.5, 0.6) is 0 Å². The molecule has 1 saturated heterocycles. The number of aromatic nitrogens is 2. The van der Waals surface area contributed by atoms with Crippen molar-refractivity contribution in [1.82, 2.24) is 9.78 Å². The van der Waals surface area contributed by atoms with Crippen molar-refractivity contribution in [2.75, 3.05) is 12.3 Å². The standard InChI is InChI=1S/C11H18FN3O/c1-11(2,3)15-10(13)5-8(14-15)9-4-7(12)6-16-9/h5,7,9H,4,6,13H2,1-3H3. The summed E-state index contributed by atoms with van der Waals surface area (Å²) in [6.45, 7) is 6.22. The van der Waals surface area contributed by atoms with Crippen LogP contribution in [0.1, 0.15) is 39.0 Å². The van der Waals surface area contributed by atoms with Gasteiger partial charge in [-0.25, -0.2) is 9.07 Å². The first-order valence-corrected chi connectivity index (χ1v) is 5.49. The molecule has 0 aliphatic carbocycles. The van der Waals surface area contributed by atoms with Crippen molar-refractivity contribution in [2.45, 2.75) is 45.0 Å². The van der Waals surface area contributed by atoms with Crippen LogP contribution in [0.3, 0.4) is 0 Å². The molecule has 0 saturated carbocycles. The molecule has 2 rings (SSSR count). The number of nitrogens with two attached hydrogens (primary N) is 1. The average Bonchev–Trinajstić information content (AvgIpc) is 2.70. The summed E-state index contributed by atoms with van der Waals surface area (Å²) in [4.78, 5) is 0. The monoisotopic (exact) mass is 227 g/mol. The van der Waals surface area contributed by atoms with Gasteiger partial charge in [-0.3, -0.25) is 0 Å². The summed E-state index contributed by atoms with van der Waals surface area (Å²) in [6.07, 6.45) is -0.757. The third-order valence-corrected chi connectivity index (χ3v) is 2.67. The largest absolute Gasteiger partial charge is 0.384 e. The van der Waals surface area contributed by atoms with Crippen molar-refractivity contribution in [3.63, 3.8) is 0 Å². The molecule has 2 unspecified atom stereocenters. The molecule has 0 bridgehead atoms. The van der Waals surface area contributed by atoms with Crippen LogP contribution >= 0.6 is 0 Å². The minimum atomic E-state index is -0.883. The van der Waals surface area contributed by atoms with Crippen molar-refractivity contribution >= 4 is 5.82 Å². The molecule has 1 aromatic rings. The lowest BCUT2D eigenvalue weighted by Crippen LogP contribution is -2.24. The van der Waals surface area contributed by atoms with Gasteiger partial charge in [-0.15, -0.1) is 0 Å². The van der Waals surface area contributed by atoms with Crippen LogP contribution in [-0.2, 0) is 10.3 Å². The zero-order chi connectivity index (χ0) is 11.9. The molecule has 1 aromatic heterocycles. The predicted octanol–water partition coefficient (Wildman–Crippen LogP) is 2.02. The first-order valence-electron chi connectivity index (χ1n) is 5.49. The highest BCUT2D eigenvalue weighted by Crippen LogP contribution is 2.31. The summed E-state index contributed by atoms with van der Waals surface area (Å²) in [5.74, 6) is 0.591. The van der Waals surface area contributed by atoms with Gasteiger partial charge in [0, 0.05) is 12.5 Å². The van der Waals surface area contributed by atoms with E-state index in [1.165, 1.54) is 0 Å². The van der Waals surface area contributed by atoms with Crippen LogP contribution in [0, 0.1) is 0 Å². The summed E-state index contributed by atoms with van der Waals surface area (Å²) in [6, 6.07) is 1.77. The SMILES string of the molecule is CC(C)(C)n1nc(C2CC(F)CO2)cc1N. The van der Waals surface area contributed by atoms with E-state index in [0.29, 0.717) is 12.2 Å². The fourth-order valence-corrected chi connectivity index (χ4v) is 1.90. The number of anilines is 1. The van der Waals surface area contributed by atoms with E-state index in [1.807, 2.05) is 20.8 Å². The summed E-state index contributed by atoms with van der Waals surface area (Å²) in [5, 5.41) is 4.40.